The maximum atomic E-state index is 3.93. The van der Waals surface area contributed by atoms with Crippen LogP contribution in [0, 0.1) is 0 Å². The molecule has 4 heteroatoms. The fourth-order valence-corrected chi connectivity index (χ4v) is 0.961. The summed E-state index contributed by atoms with van der Waals surface area (Å²) in [5.74, 6) is 0. The predicted octanol–water partition coefficient (Wildman–Crippen LogP) is -0.0285. The summed E-state index contributed by atoms with van der Waals surface area (Å²) < 4.78 is 0. The third kappa shape index (κ3) is 3.03. The molecule has 0 radical (unpaired) electrons. The van der Waals surface area contributed by atoms with E-state index in [4.69, 9.17) is 0 Å². The first-order chi connectivity index (χ1) is 4.43. The Labute approximate surface area is 67.9 Å². The fraction of sp³-hybridized carbons (Fsp3) is 0.833. The summed E-state index contributed by atoms with van der Waals surface area (Å²) in [4.78, 5) is 6.15. The molecule has 1 heterocycles. The van der Waals surface area contributed by atoms with E-state index < -0.39 is 0 Å². The number of hydrogen-bond acceptors (Lipinski definition) is 2. The number of rotatable bonds is 1. The van der Waals surface area contributed by atoms with Crippen molar-refractivity contribution >= 4 is 18.7 Å². The third-order valence-electron chi connectivity index (χ3n) is 1.43. The molecule has 0 aromatic carbocycles. The lowest BCUT2D eigenvalue weighted by Crippen LogP contribution is -2.42. The van der Waals surface area contributed by atoms with Crippen molar-refractivity contribution in [2.24, 2.45) is 4.99 Å². The van der Waals surface area contributed by atoms with Crippen molar-refractivity contribution < 1.29 is 0 Å². The molecule has 0 saturated carbocycles. The average molecular weight is 164 g/mol. The lowest BCUT2D eigenvalue weighted by Gasteiger charge is -2.24. The van der Waals surface area contributed by atoms with Crippen molar-refractivity contribution in [1.29, 1.82) is 0 Å². The van der Waals surface area contributed by atoms with Gasteiger partial charge in [0.05, 0.1) is 6.34 Å². The number of nitrogens with one attached hydrogen (secondary N) is 1. The van der Waals surface area contributed by atoms with Crippen molar-refractivity contribution in [3.05, 3.63) is 0 Å². The van der Waals surface area contributed by atoms with Crippen LogP contribution < -0.4 is 5.32 Å². The Kier molecular flexibility index (Phi) is 5.35. The molecule has 60 valence electrons. The zero-order valence-electron chi connectivity index (χ0n) is 6.21. The van der Waals surface area contributed by atoms with Gasteiger partial charge in [0.25, 0.3) is 0 Å². The molecule has 0 unspecified atom stereocenters. The summed E-state index contributed by atoms with van der Waals surface area (Å²) in [5.41, 5.74) is 0. The number of aliphatic imine (C=N–C) groups is 1. The number of hydrogen-bond donors (Lipinski definition) is 1. The van der Waals surface area contributed by atoms with Crippen LogP contribution in [0.3, 0.4) is 0 Å². The second kappa shape index (κ2) is 5.50. The van der Waals surface area contributed by atoms with Gasteiger partial charge in [-0.3, -0.25) is 4.99 Å². The molecule has 0 aromatic rings. The minimum atomic E-state index is 0. The predicted molar refractivity (Wildman–Crippen MR) is 46.1 cm³/mol. The standard InChI is InChI=1S/C6H13N3.ClH/c1-7-6-9-4-2-8-3-5-9;/h6,8H,2-5H2,1H3;1H. The van der Waals surface area contributed by atoms with Gasteiger partial charge in [0.15, 0.2) is 0 Å². The molecule has 0 bridgehead atoms. The van der Waals surface area contributed by atoms with E-state index in [-0.39, 0.29) is 12.4 Å². The molecule has 0 aromatic heterocycles. The van der Waals surface area contributed by atoms with E-state index in [9.17, 15) is 0 Å². The summed E-state index contributed by atoms with van der Waals surface area (Å²) >= 11 is 0. The first-order valence-corrected chi connectivity index (χ1v) is 3.30. The van der Waals surface area contributed by atoms with Crippen LogP contribution in [0.5, 0.6) is 0 Å². The summed E-state index contributed by atoms with van der Waals surface area (Å²) in [6, 6.07) is 0. The molecule has 1 aliphatic rings. The van der Waals surface area contributed by atoms with E-state index in [0.717, 1.165) is 26.2 Å². The zero-order valence-corrected chi connectivity index (χ0v) is 7.02. The normalized spacial score (nSPS) is 19.1. The van der Waals surface area contributed by atoms with Crippen LogP contribution in [0.2, 0.25) is 0 Å². The Morgan fingerprint density at radius 3 is 2.50 bits per heavy atom. The van der Waals surface area contributed by atoms with Crippen molar-refractivity contribution in [2.75, 3.05) is 33.2 Å². The van der Waals surface area contributed by atoms with Gasteiger partial charge in [0.1, 0.15) is 0 Å². The SMILES string of the molecule is CN=CN1CCNCC1.Cl. The molecule has 1 fully saturated rings. The van der Waals surface area contributed by atoms with Crippen LogP contribution in [0.1, 0.15) is 0 Å². The van der Waals surface area contributed by atoms with E-state index >= 15 is 0 Å². The minimum Gasteiger partial charge on any atom is -0.360 e. The fourth-order valence-electron chi connectivity index (χ4n) is 0.961. The van der Waals surface area contributed by atoms with Gasteiger partial charge < -0.3 is 10.2 Å². The number of nitrogens with zero attached hydrogens (tertiary/aromatic N) is 2. The molecule has 1 aliphatic heterocycles. The van der Waals surface area contributed by atoms with Gasteiger partial charge in [0, 0.05) is 33.2 Å². The third-order valence-corrected chi connectivity index (χ3v) is 1.43. The van der Waals surface area contributed by atoms with E-state index in [1.807, 2.05) is 13.4 Å². The van der Waals surface area contributed by atoms with Crippen molar-refractivity contribution in [3.8, 4) is 0 Å². The minimum absolute atomic E-state index is 0. The molecule has 1 rings (SSSR count). The largest absolute Gasteiger partial charge is 0.360 e. The average Bonchev–Trinajstić information content (AvgIpc) is 1.91. The van der Waals surface area contributed by atoms with Gasteiger partial charge in [0.2, 0.25) is 0 Å². The van der Waals surface area contributed by atoms with Gasteiger partial charge in [-0.25, -0.2) is 0 Å². The molecule has 1 saturated heterocycles. The van der Waals surface area contributed by atoms with Gasteiger partial charge in [-0.05, 0) is 0 Å². The van der Waals surface area contributed by atoms with Gasteiger partial charge in [-0.15, -0.1) is 12.4 Å². The highest BCUT2D eigenvalue weighted by Gasteiger charge is 2.03. The summed E-state index contributed by atoms with van der Waals surface area (Å²) in [5, 5.41) is 3.27. The van der Waals surface area contributed by atoms with Crippen LogP contribution in [0.25, 0.3) is 0 Å². The van der Waals surface area contributed by atoms with Crippen LogP contribution >= 0.6 is 12.4 Å². The quantitative estimate of drug-likeness (QED) is 0.435. The summed E-state index contributed by atoms with van der Waals surface area (Å²) in [7, 11) is 1.81. The van der Waals surface area contributed by atoms with Gasteiger partial charge >= 0.3 is 0 Å². The highest BCUT2D eigenvalue weighted by Crippen LogP contribution is 1.85. The Bertz CT molecular complexity index is 99.2. The second-order valence-electron chi connectivity index (χ2n) is 2.16. The van der Waals surface area contributed by atoms with Crippen molar-refractivity contribution in [1.82, 2.24) is 10.2 Å². The Balaban J connectivity index is 0.000000810. The molecule has 3 nitrogen and oxygen atoms in total. The lowest BCUT2D eigenvalue weighted by molar-refractivity contribution is 0.366. The van der Waals surface area contributed by atoms with Crippen molar-refractivity contribution in [2.45, 2.75) is 0 Å². The topological polar surface area (TPSA) is 27.6 Å². The van der Waals surface area contributed by atoms with Crippen LogP contribution in [-0.2, 0) is 0 Å². The monoisotopic (exact) mass is 163 g/mol. The number of piperazine rings is 1. The zero-order chi connectivity index (χ0) is 6.53. The molecule has 0 amide bonds. The second-order valence-corrected chi connectivity index (χ2v) is 2.16. The maximum absolute atomic E-state index is 3.93. The molecular formula is C6H14ClN3. The van der Waals surface area contributed by atoms with Crippen LogP contribution in [-0.4, -0.2) is 44.5 Å². The summed E-state index contributed by atoms with van der Waals surface area (Å²) in [6.45, 7) is 4.37. The molecule has 1 N–H and O–H groups in total. The molecule has 0 spiro atoms. The maximum Gasteiger partial charge on any atom is 0.0847 e. The lowest BCUT2D eigenvalue weighted by atomic mass is 10.4. The molecular weight excluding hydrogens is 150 g/mol. The molecule has 0 aliphatic carbocycles. The molecule has 0 atom stereocenters. The van der Waals surface area contributed by atoms with Gasteiger partial charge in [-0.2, -0.15) is 0 Å². The molecule has 10 heavy (non-hydrogen) atoms. The highest BCUT2D eigenvalue weighted by molar-refractivity contribution is 5.85. The summed E-state index contributed by atoms with van der Waals surface area (Å²) in [6.07, 6.45) is 1.90. The van der Waals surface area contributed by atoms with Crippen LogP contribution in [0.4, 0.5) is 0 Å². The Morgan fingerprint density at radius 1 is 1.40 bits per heavy atom. The Hall–Kier alpha value is -0.280. The van der Waals surface area contributed by atoms with E-state index in [0.29, 0.717) is 0 Å². The smallest absolute Gasteiger partial charge is 0.0847 e. The van der Waals surface area contributed by atoms with E-state index in [1.165, 1.54) is 0 Å². The first-order valence-electron chi connectivity index (χ1n) is 3.30. The first kappa shape index (κ1) is 9.72. The highest BCUT2D eigenvalue weighted by atomic mass is 35.5. The van der Waals surface area contributed by atoms with Gasteiger partial charge in [-0.1, -0.05) is 0 Å². The van der Waals surface area contributed by atoms with Crippen LogP contribution in [0.15, 0.2) is 4.99 Å². The Morgan fingerprint density at radius 2 is 2.00 bits per heavy atom. The van der Waals surface area contributed by atoms with E-state index in [1.54, 1.807) is 0 Å². The van der Waals surface area contributed by atoms with E-state index in [2.05, 4.69) is 15.2 Å². The van der Waals surface area contributed by atoms with Crippen molar-refractivity contribution in [3.63, 3.8) is 0 Å². The number of halogens is 1.